The van der Waals surface area contributed by atoms with Gasteiger partial charge in [-0.3, -0.25) is 0 Å². The van der Waals surface area contributed by atoms with Crippen molar-refractivity contribution >= 4 is 27.9 Å². The highest BCUT2D eigenvalue weighted by Gasteiger charge is 2.32. The number of nitrogens with one attached hydrogen (secondary N) is 2. The van der Waals surface area contributed by atoms with Crippen LogP contribution < -0.4 is 10.6 Å². The summed E-state index contributed by atoms with van der Waals surface area (Å²) in [7, 11) is 0. The van der Waals surface area contributed by atoms with Crippen LogP contribution in [0.3, 0.4) is 0 Å². The third kappa shape index (κ3) is 3.88. The van der Waals surface area contributed by atoms with Gasteiger partial charge in [-0.05, 0) is 30.5 Å². The molecule has 0 spiro atoms. The van der Waals surface area contributed by atoms with Gasteiger partial charge in [0.05, 0.1) is 18.2 Å². The van der Waals surface area contributed by atoms with Gasteiger partial charge in [-0.2, -0.15) is 0 Å². The van der Waals surface area contributed by atoms with Crippen molar-refractivity contribution in [1.82, 2.24) is 10.6 Å². The van der Waals surface area contributed by atoms with Crippen LogP contribution in [-0.4, -0.2) is 18.6 Å². The lowest BCUT2D eigenvalue weighted by molar-refractivity contribution is -0.140. The highest BCUT2D eigenvalue weighted by Crippen LogP contribution is 2.28. The molecule has 6 heteroatoms. The lowest BCUT2D eigenvalue weighted by Gasteiger charge is -2.28. The van der Waals surface area contributed by atoms with Crippen molar-refractivity contribution in [1.29, 1.82) is 0 Å². The second-order valence-corrected chi connectivity index (χ2v) is 6.53. The standard InChI is InChI=1S/C16H19BrN2O3/c1-9(2)8-22-15(20)13-10(3)18-16(21)19-14(13)11-4-6-12(17)7-5-11/h4-7,9,14H,8H2,1-3H3,(H2,18,19,21)/t14-/m0/s1. The highest BCUT2D eigenvalue weighted by atomic mass is 79.9. The van der Waals surface area contributed by atoms with Crippen LogP contribution in [0.4, 0.5) is 4.79 Å². The number of esters is 1. The third-order valence-corrected chi connectivity index (χ3v) is 3.77. The number of rotatable bonds is 4. The molecule has 118 valence electrons. The number of benzene rings is 1. The smallest absolute Gasteiger partial charge is 0.338 e. The Balaban J connectivity index is 2.32. The number of urea groups is 1. The van der Waals surface area contributed by atoms with Crippen LogP contribution >= 0.6 is 15.9 Å². The zero-order valence-corrected chi connectivity index (χ0v) is 14.4. The van der Waals surface area contributed by atoms with Gasteiger partial charge in [0.15, 0.2) is 0 Å². The van der Waals surface area contributed by atoms with Crippen LogP contribution in [-0.2, 0) is 9.53 Å². The molecule has 0 saturated carbocycles. The maximum atomic E-state index is 12.4. The van der Waals surface area contributed by atoms with Gasteiger partial charge in [0.2, 0.25) is 0 Å². The minimum atomic E-state index is -0.512. The zero-order valence-electron chi connectivity index (χ0n) is 12.8. The minimum Gasteiger partial charge on any atom is -0.462 e. The van der Waals surface area contributed by atoms with Gasteiger partial charge in [-0.15, -0.1) is 0 Å². The van der Waals surface area contributed by atoms with Gasteiger partial charge in [0.25, 0.3) is 0 Å². The Hall–Kier alpha value is -1.82. The number of amides is 2. The Morgan fingerprint density at radius 2 is 1.95 bits per heavy atom. The van der Waals surface area contributed by atoms with Crippen LogP contribution in [0.5, 0.6) is 0 Å². The molecular formula is C16H19BrN2O3. The van der Waals surface area contributed by atoms with E-state index in [1.165, 1.54) is 0 Å². The summed E-state index contributed by atoms with van der Waals surface area (Å²) in [6, 6.07) is 6.63. The van der Waals surface area contributed by atoms with Crippen LogP contribution in [0.25, 0.3) is 0 Å². The van der Waals surface area contributed by atoms with E-state index in [1.807, 2.05) is 38.1 Å². The van der Waals surface area contributed by atoms with Gasteiger partial charge in [-0.1, -0.05) is 41.9 Å². The van der Waals surface area contributed by atoms with E-state index in [2.05, 4.69) is 26.6 Å². The van der Waals surface area contributed by atoms with E-state index < -0.39 is 12.0 Å². The van der Waals surface area contributed by atoms with E-state index in [4.69, 9.17) is 4.74 Å². The van der Waals surface area contributed by atoms with Gasteiger partial charge < -0.3 is 15.4 Å². The summed E-state index contributed by atoms with van der Waals surface area (Å²) >= 11 is 3.37. The molecule has 0 aliphatic carbocycles. The Bertz CT molecular complexity index is 608. The first-order valence-corrected chi connectivity index (χ1v) is 7.88. The third-order valence-electron chi connectivity index (χ3n) is 3.24. The normalized spacial score (nSPS) is 18.0. The lowest BCUT2D eigenvalue weighted by atomic mass is 9.95. The number of ether oxygens (including phenoxy) is 1. The fraction of sp³-hybridized carbons (Fsp3) is 0.375. The van der Waals surface area contributed by atoms with Crippen molar-refractivity contribution in [2.24, 2.45) is 5.92 Å². The average Bonchev–Trinajstić information content (AvgIpc) is 2.44. The molecule has 0 radical (unpaired) electrons. The average molecular weight is 367 g/mol. The van der Waals surface area contributed by atoms with E-state index in [0.29, 0.717) is 17.9 Å². The van der Waals surface area contributed by atoms with Crippen LogP contribution in [0.2, 0.25) is 0 Å². The number of allylic oxidation sites excluding steroid dienone is 1. The van der Waals surface area contributed by atoms with E-state index in [0.717, 1.165) is 10.0 Å². The molecule has 1 aliphatic rings. The molecule has 1 aromatic carbocycles. The van der Waals surface area contributed by atoms with E-state index in [-0.39, 0.29) is 11.9 Å². The van der Waals surface area contributed by atoms with Crippen LogP contribution in [0.1, 0.15) is 32.4 Å². The predicted octanol–water partition coefficient (Wildman–Crippen LogP) is 3.28. The monoisotopic (exact) mass is 366 g/mol. The first kappa shape index (κ1) is 16.5. The summed E-state index contributed by atoms with van der Waals surface area (Å²) in [5.74, 6) is -0.159. The largest absolute Gasteiger partial charge is 0.462 e. The number of halogens is 1. The Morgan fingerprint density at radius 3 is 2.55 bits per heavy atom. The molecule has 0 bridgehead atoms. The second kappa shape index (κ2) is 6.96. The Morgan fingerprint density at radius 1 is 1.32 bits per heavy atom. The summed E-state index contributed by atoms with van der Waals surface area (Å²) in [6.45, 7) is 6.00. The molecule has 0 aromatic heterocycles. The SMILES string of the molecule is CC1=C(C(=O)OCC(C)C)[C@H](c2ccc(Br)cc2)NC(=O)N1. The predicted molar refractivity (Wildman–Crippen MR) is 87.0 cm³/mol. The number of carbonyl (C=O) groups excluding carboxylic acids is 2. The Labute approximate surface area is 138 Å². The van der Waals surface area contributed by atoms with Crippen molar-refractivity contribution < 1.29 is 14.3 Å². The lowest BCUT2D eigenvalue weighted by Crippen LogP contribution is -2.45. The van der Waals surface area contributed by atoms with E-state index >= 15 is 0 Å². The molecule has 2 rings (SSSR count). The maximum Gasteiger partial charge on any atom is 0.338 e. The van der Waals surface area contributed by atoms with Gasteiger partial charge in [0, 0.05) is 10.2 Å². The number of carbonyl (C=O) groups is 2. The maximum absolute atomic E-state index is 12.4. The summed E-state index contributed by atoms with van der Waals surface area (Å²) < 4.78 is 6.26. The molecule has 5 nitrogen and oxygen atoms in total. The number of hydrogen-bond donors (Lipinski definition) is 2. The minimum absolute atomic E-state index is 0.252. The molecule has 2 amide bonds. The van der Waals surface area contributed by atoms with Crippen molar-refractivity contribution in [3.05, 3.63) is 45.6 Å². The summed E-state index contributed by atoms with van der Waals surface area (Å²) in [6.07, 6.45) is 0. The molecular weight excluding hydrogens is 348 g/mol. The highest BCUT2D eigenvalue weighted by molar-refractivity contribution is 9.10. The molecule has 0 saturated heterocycles. The molecule has 1 aliphatic heterocycles. The van der Waals surface area contributed by atoms with Crippen molar-refractivity contribution in [2.75, 3.05) is 6.61 Å². The fourth-order valence-corrected chi connectivity index (χ4v) is 2.45. The zero-order chi connectivity index (χ0) is 16.3. The summed E-state index contributed by atoms with van der Waals surface area (Å²) in [5.41, 5.74) is 1.78. The van der Waals surface area contributed by atoms with E-state index in [1.54, 1.807) is 6.92 Å². The second-order valence-electron chi connectivity index (χ2n) is 5.61. The first-order valence-electron chi connectivity index (χ1n) is 7.09. The summed E-state index contributed by atoms with van der Waals surface area (Å²) in [5, 5.41) is 5.41. The van der Waals surface area contributed by atoms with Gasteiger partial charge >= 0.3 is 12.0 Å². The van der Waals surface area contributed by atoms with Crippen LogP contribution in [0, 0.1) is 5.92 Å². The quantitative estimate of drug-likeness (QED) is 0.803. The number of hydrogen-bond acceptors (Lipinski definition) is 3. The topological polar surface area (TPSA) is 67.4 Å². The fourth-order valence-electron chi connectivity index (χ4n) is 2.19. The molecule has 0 unspecified atom stereocenters. The van der Waals surface area contributed by atoms with Crippen molar-refractivity contribution in [3.63, 3.8) is 0 Å². The van der Waals surface area contributed by atoms with Gasteiger partial charge in [0.1, 0.15) is 0 Å². The molecule has 1 aromatic rings. The molecule has 1 atom stereocenters. The summed E-state index contributed by atoms with van der Waals surface area (Å²) in [4.78, 5) is 24.1. The molecule has 0 fully saturated rings. The van der Waals surface area contributed by atoms with Gasteiger partial charge in [-0.25, -0.2) is 9.59 Å². The van der Waals surface area contributed by atoms with E-state index in [9.17, 15) is 9.59 Å². The van der Waals surface area contributed by atoms with Crippen LogP contribution in [0.15, 0.2) is 40.0 Å². The van der Waals surface area contributed by atoms with Crippen molar-refractivity contribution in [3.8, 4) is 0 Å². The molecule has 2 N–H and O–H groups in total. The van der Waals surface area contributed by atoms with Crippen molar-refractivity contribution in [2.45, 2.75) is 26.8 Å². The molecule has 22 heavy (non-hydrogen) atoms. The Kier molecular flexibility index (Phi) is 5.24. The molecule has 1 heterocycles. The first-order chi connectivity index (χ1) is 10.4.